The van der Waals surface area contributed by atoms with Gasteiger partial charge in [0, 0.05) is 19.9 Å². The first-order chi connectivity index (χ1) is 9.69. The zero-order valence-corrected chi connectivity index (χ0v) is 12.9. The van der Waals surface area contributed by atoms with E-state index in [-0.39, 0.29) is 0 Å². The average molecular weight is 277 g/mol. The molecule has 0 radical (unpaired) electrons. The molecule has 0 aromatic carbocycles. The van der Waals surface area contributed by atoms with Gasteiger partial charge in [0.25, 0.3) is 0 Å². The van der Waals surface area contributed by atoms with Crippen LogP contribution in [-0.2, 0) is 4.74 Å². The minimum absolute atomic E-state index is 0.323. The molecule has 2 saturated carbocycles. The van der Waals surface area contributed by atoms with Crippen molar-refractivity contribution in [3.8, 4) is 0 Å². The summed E-state index contributed by atoms with van der Waals surface area (Å²) >= 11 is 0. The van der Waals surface area contributed by atoms with Crippen LogP contribution in [0.15, 0.2) is 6.20 Å². The molecule has 1 aromatic heterocycles. The quantitative estimate of drug-likeness (QED) is 0.793. The van der Waals surface area contributed by atoms with Crippen LogP contribution < -0.4 is 5.32 Å². The molecule has 4 heteroatoms. The van der Waals surface area contributed by atoms with Crippen LogP contribution in [0.3, 0.4) is 0 Å². The number of aryl methyl sites for hydroxylation is 1. The molecular weight excluding hydrogens is 250 g/mol. The van der Waals surface area contributed by atoms with Crippen molar-refractivity contribution in [1.82, 2.24) is 9.55 Å². The molecule has 4 nitrogen and oxygen atoms in total. The lowest BCUT2D eigenvalue weighted by molar-refractivity contribution is 0.163. The van der Waals surface area contributed by atoms with Gasteiger partial charge in [-0.05, 0) is 57.3 Å². The molecular formula is C16H27N3O. The Bertz CT molecular complexity index is 437. The van der Waals surface area contributed by atoms with Crippen LogP contribution in [0.2, 0.25) is 0 Å². The number of methoxy groups -OCH3 is 1. The second kappa shape index (κ2) is 5.76. The lowest BCUT2D eigenvalue weighted by Crippen LogP contribution is -2.21. The van der Waals surface area contributed by atoms with Crippen LogP contribution in [0.4, 0.5) is 5.95 Å². The Kier molecular flexibility index (Phi) is 4.01. The number of hydrogen-bond acceptors (Lipinski definition) is 3. The maximum atomic E-state index is 5.27. The van der Waals surface area contributed by atoms with Gasteiger partial charge in [-0.1, -0.05) is 0 Å². The van der Waals surface area contributed by atoms with Crippen LogP contribution in [0.1, 0.15) is 44.3 Å². The van der Waals surface area contributed by atoms with Crippen molar-refractivity contribution in [2.24, 2.45) is 17.8 Å². The van der Waals surface area contributed by atoms with Crippen molar-refractivity contribution in [3.63, 3.8) is 0 Å². The summed E-state index contributed by atoms with van der Waals surface area (Å²) in [5, 5.41) is 3.61. The Morgan fingerprint density at radius 3 is 2.55 bits per heavy atom. The maximum Gasteiger partial charge on any atom is 0.203 e. The third-order valence-corrected chi connectivity index (χ3v) is 4.69. The van der Waals surface area contributed by atoms with Crippen LogP contribution in [-0.4, -0.2) is 29.8 Å². The van der Waals surface area contributed by atoms with Gasteiger partial charge >= 0.3 is 0 Å². The number of rotatable bonds is 8. The van der Waals surface area contributed by atoms with Gasteiger partial charge in [-0.15, -0.1) is 0 Å². The van der Waals surface area contributed by atoms with Gasteiger partial charge in [0.1, 0.15) is 0 Å². The van der Waals surface area contributed by atoms with Gasteiger partial charge in [0.15, 0.2) is 0 Å². The molecule has 0 spiro atoms. The van der Waals surface area contributed by atoms with E-state index in [1.165, 1.54) is 25.7 Å². The predicted octanol–water partition coefficient (Wildman–Crippen LogP) is 3.25. The summed E-state index contributed by atoms with van der Waals surface area (Å²) in [6.07, 6.45) is 7.88. The van der Waals surface area contributed by atoms with Crippen LogP contribution in [0.5, 0.6) is 0 Å². The molecule has 3 rings (SSSR count). The van der Waals surface area contributed by atoms with Gasteiger partial charge in [0.05, 0.1) is 18.3 Å². The minimum Gasteiger partial charge on any atom is -0.383 e. The van der Waals surface area contributed by atoms with Gasteiger partial charge in [0.2, 0.25) is 5.95 Å². The second-order valence-electron chi connectivity index (χ2n) is 6.64. The zero-order chi connectivity index (χ0) is 14.1. The Hall–Kier alpha value is -1.03. The molecule has 2 aliphatic carbocycles. The molecule has 1 N–H and O–H groups in total. The lowest BCUT2D eigenvalue weighted by Gasteiger charge is -2.19. The fourth-order valence-electron chi connectivity index (χ4n) is 3.28. The first-order valence-corrected chi connectivity index (χ1v) is 7.97. The highest BCUT2D eigenvalue weighted by atomic mass is 16.5. The van der Waals surface area contributed by atoms with E-state index in [1.54, 1.807) is 7.11 Å². The Balaban J connectivity index is 1.63. The third-order valence-electron chi connectivity index (χ3n) is 4.69. The van der Waals surface area contributed by atoms with Gasteiger partial charge in [-0.2, -0.15) is 0 Å². The highest BCUT2D eigenvalue weighted by molar-refractivity contribution is 5.30. The number of aromatic nitrogens is 2. The molecule has 0 saturated heterocycles. The van der Waals surface area contributed by atoms with Crippen LogP contribution in [0, 0.1) is 24.7 Å². The fraction of sp³-hybridized carbons (Fsp3) is 0.812. The van der Waals surface area contributed by atoms with Crippen LogP contribution >= 0.6 is 0 Å². The SMILES string of the molecule is COCC(C)n1cc(C)nc1NCC(C1CC1)C1CC1. The maximum absolute atomic E-state index is 5.27. The normalized spacial score (nSPS) is 20.4. The molecule has 2 aliphatic rings. The molecule has 0 amide bonds. The first kappa shape index (κ1) is 13.9. The van der Waals surface area contributed by atoms with Gasteiger partial charge in [-0.25, -0.2) is 4.98 Å². The van der Waals surface area contributed by atoms with E-state index >= 15 is 0 Å². The van der Waals surface area contributed by atoms with E-state index in [2.05, 4.69) is 34.9 Å². The summed E-state index contributed by atoms with van der Waals surface area (Å²) in [5.41, 5.74) is 1.07. The third kappa shape index (κ3) is 3.17. The van der Waals surface area contributed by atoms with E-state index in [9.17, 15) is 0 Å². The second-order valence-corrected chi connectivity index (χ2v) is 6.64. The Labute approximate surface area is 121 Å². The monoisotopic (exact) mass is 277 g/mol. The largest absolute Gasteiger partial charge is 0.383 e. The zero-order valence-electron chi connectivity index (χ0n) is 12.9. The molecule has 1 heterocycles. The number of anilines is 1. The van der Waals surface area contributed by atoms with Crippen molar-refractivity contribution >= 4 is 5.95 Å². The van der Waals surface area contributed by atoms with E-state index in [4.69, 9.17) is 4.74 Å². The van der Waals surface area contributed by atoms with Crippen molar-refractivity contribution in [1.29, 1.82) is 0 Å². The Morgan fingerprint density at radius 2 is 2.00 bits per heavy atom. The number of imidazole rings is 1. The standard InChI is InChI=1S/C16H27N3O/c1-11-9-19(12(2)10-20-3)16(18-11)17-8-15(13-4-5-13)14-6-7-14/h9,12-15H,4-8,10H2,1-3H3,(H,17,18). The molecule has 0 bridgehead atoms. The van der Waals surface area contributed by atoms with Crippen molar-refractivity contribution in [2.45, 2.75) is 45.6 Å². The highest BCUT2D eigenvalue weighted by Crippen LogP contribution is 2.49. The van der Waals surface area contributed by atoms with Gasteiger partial charge in [-0.3, -0.25) is 0 Å². The molecule has 1 unspecified atom stereocenters. The van der Waals surface area contributed by atoms with Crippen LogP contribution in [0.25, 0.3) is 0 Å². The summed E-state index contributed by atoms with van der Waals surface area (Å²) in [4.78, 5) is 4.64. The summed E-state index contributed by atoms with van der Waals surface area (Å²) in [6, 6.07) is 0.323. The summed E-state index contributed by atoms with van der Waals surface area (Å²) in [5.74, 6) is 3.85. The van der Waals surface area contributed by atoms with E-state index < -0.39 is 0 Å². The average Bonchev–Trinajstić information content (AvgIpc) is 3.30. The molecule has 1 aromatic rings. The minimum atomic E-state index is 0.323. The van der Waals surface area contributed by atoms with E-state index in [0.29, 0.717) is 6.04 Å². The smallest absolute Gasteiger partial charge is 0.203 e. The number of nitrogens with one attached hydrogen (secondary N) is 1. The fourth-order valence-corrected chi connectivity index (χ4v) is 3.28. The first-order valence-electron chi connectivity index (χ1n) is 7.97. The van der Waals surface area contributed by atoms with Crippen molar-refractivity contribution in [2.75, 3.05) is 25.6 Å². The summed E-state index contributed by atoms with van der Waals surface area (Å²) < 4.78 is 7.49. The lowest BCUT2D eigenvalue weighted by atomic mass is 9.98. The highest BCUT2D eigenvalue weighted by Gasteiger charge is 2.41. The molecule has 0 aliphatic heterocycles. The number of hydrogen-bond donors (Lipinski definition) is 1. The van der Waals surface area contributed by atoms with Crippen molar-refractivity contribution < 1.29 is 4.74 Å². The van der Waals surface area contributed by atoms with Crippen molar-refractivity contribution in [3.05, 3.63) is 11.9 Å². The molecule has 1 atom stereocenters. The Morgan fingerprint density at radius 1 is 1.35 bits per heavy atom. The van der Waals surface area contributed by atoms with E-state index in [1.807, 2.05) is 0 Å². The molecule has 2 fully saturated rings. The van der Waals surface area contributed by atoms with E-state index in [0.717, 1.165) is 42.5 Å². The predicted molar refractivity (Wildman–Crippen MR) is 81.0 cm³/mol. The molecule has 112 valence electrons. The van der Waals surface area contributed by atoms with Gasteiger partial charge < -0.3 is 14.6 Å². The topological polar surface area (TPSA) is 39.1 Å². The molecule has 20 heavy (non-hydrogen) atoms. The summed E-state index contributed by atoms with van der Waals surface area (Å²) in [6.45, 7) is 6.04. The summed E-state index contributed by atoms with van der Waals surface area (Å²) in [7, 11) is 1.75. The number of nitrogens with zero attached hydrogens (tertiary/aromatic N) is 2. The number of ether oxygens (including phenoxy) is 1.